The van der Waals surface area contributed by atoms with Crippen LogP contribution in [0.5, 0.6) is 5.75 Å². The molecule has 0 heterocycles. The molecule has 0 saturated carbocycles. The Morgan fingerprint density at radius 1 is 1.05 bits per heavy atom. The van der Waals surface area contributed by atoms with Gasteiger partial charge in [0.2, 0.25) is 0 Å². The summed E-state index contributed by atoms with van der Waals surface area (Å²) in [6.45, 7) is 2.23. The van der Waals surface area contributed by atoms with E-state index in [2.05, 4.69) is 35.1 Å². The number of rotatable bonds is 7. The summed E-state index contributed by atoms with van der Waals surface area (Å²) in [5.41, 5.74) is 2.45. The van der Waals surface area contributed by atoms with Gasteiger partial charge < -0.3 is 4.74 Å². The lowest BCUT2D eigenvalue weighted by Crippen LogP contribution is -2.21. The van der Waals surface area contributed by atoms with E-state index in [1.807, 2.05) is 37.4 Å². The van der Waals surface area contributed by atoms with Crippen molar-refractivity contribution in [1.82, 2.24) is 4.90 Å². The largest absolute Gasteiger partial charge is 0.489 e. The number of hydrogen-bond donors (Lipinski definition) is 0. The average Bonchev–Trinajstić information content (AvgIpc) is 2.53. The molecule has 2 nitrogen and oxygen atoms in total. The Morgan fingerprint density at radius 2 is 1.81 bits per heavy atom. The Morgan fingerprint density at radius 3 is 2.57 bits per heavy atom. The molecular weight excluding hydrogens is 258 g/mol. The third-order valence-corrected chi connectivity index (χ3v) is 3.29. The first-order chi connectivity index (χ1) is 10.3. The molecule has 0 spiro atoms. The van der Waals surface area contributed by atoms with Gasteiger partial charge in [-0.15, -0.1) is 6.42 Å². The molecule has 108 valence electrons. The van der Waals surface area contributed by atoms with Gasteiger partial charge in [0.1, 0.15) is 12.4 Å². The molecule has 0 atom stereocenters. The van der Waals surface area contributed by atoms with Crippen molar-refractivity contribution in [2.24, 2.45) is 0 Å². The number of nitrogens with zero attached hydrogens (tertiary/aromatic N) is 1. The SMILES string of the molecule is C#CCN(C)CCc1cccc(OCc2ccccc2)c1. The second-order valence-electron chi connectivity index (χ2n) is 5.11. The number of ether oxygens (including phenoxy) is 1. The molecule has 0 aliphatic carbocycles. The van der Waals surface area contributed by atoms with Crippen LogP contribution in [0, 0.1) is 12.3 Å². The van der Waals surface area contributed by atoms with Gasteiger partial charge in [0.15, 0.2) is 0 Å². The first kappa shape index (κ1) is 15.2. The van der Waals surface area contributed by atoms with Gasteiger partial charge in [0.05, 0.1) is 6.54 Å². The van der Waals surface area contributed by atoms with Gasteiger partial charge in [0, 0.05) is 6.54 Å². The predicted molar refractivity (Wildman–Crippen MR) is 87.3 cm³/mol. The third kappa shape index (κ3) is 5.33. The van der Waals surface area contributed by atoms with Crippen molar-refractivity contribution in [2.45, 2.75) is 13.0 Å². The average molecular weight is 279 g/mol. The zero-order valence-electron chi connectivity index (χ0n) is 12.5. The van der Waals surface area contributed by atoms with Crippen LogP contribution in [0.3, 0.4) is 0 Å². The molecule has 0 radical (unpaired) electrons. The minimum atomic E-state index is 0.599. The van der Waals surface area contributed by atoms with Gasteiger partial charge in [0.25, 0.3) is 0 Å². The highest BCUT2D eigenvalue weighted by Crippen LogP contribution is 2.15. The molecule has 0 N–H and O–H groups in total. The second kappa shape index (κ2) is 8.14. The fraction of sp³-hybridized carbons (Fsp3) is 0.263. The number of likely N-dealkylation sites (N-methyl/N-ethyl adjacent to an activating group) is 1. The maximum Gasteiger partial charge on any atom is 0.120 e. The smallest absolute Gasteiger partial charge is 0.120 e. The quantitative estimate of drug-likeness (QED) is 0.721. The lowest BCUT2D eigenvalue weighted by molar-refractivity contribution is 0.305. The highest BCUT2D eigenvalue weighted by atomic mass is 16.5. The van der Waals surface area contributed by atoms with E-state index in [-0.39, 0.29) is 0 Å². The molecule has 2 aromatic rings. The Kier molecular flexibility index (Phi) is 5.87. The van der Waals surface area contributed by atoms with E-state index < -0.39 is 0 Å². The van der Waals surface area contributed by atoms with Crippen molar-refractivity contribution in [3.05, 3.63) is 65.7 Å². The van der Waals surface area contributed by atoms with Crippen LogP contribution in [0.4, 0.5) is 0 Å². The Balaban J connectivity index is 1.87. The second-order valence-corrected chi connectivity index (χ2v) is 5.11. The fourth-order valence-electron chi connectivity index (χ4n) is 2.09. The van der Waals surface area contributed by atoms with Crippen LogP contribution < -0.4 is 4.74 Å². The molecule has 21 heavy (non-hydrogen) atoms. The summed E-state index contributed by atoms with van der Waals surface area (Å²) in [5, 5.41) is 0. The molecule has 0 unspecified atom stereocenters. The van der Waals surface area contributed by atoms with E-state index in [0.29, 0.717) is 13.2 Å². The lowest BCUT2D eigenvalue weighted by Gasteiger charge is -2.13. The minimum Gasteiger partial charge on any atom is -0.489 e. The maximum atomic E-state index is 5.84. The van der Waals surface area contributed by atoms with Crippen molar-refractivity contribution < 1.29 is 4.74 Å². The van der Waals surface area contributed by atoms with Gasteiger partial charge in [-0.1, -0.05) is 48.4 Å². The highest BCUT2D eigenvalue weighted by Gasteiger charge is 2.00. The molecule has 0 bridgehead atoms. The summed E-state index contributed by atoms with van der Waals surface area (Å²) in [5.74, 6) is 3.57. The summed E-state index contributed by atoms with van der Waals surface area (Å²) in [6.07, 6.45) is 6.28. The van der Waals surface area contributed by atoms with E-state index in [1.165, 1.54) is 11.1 Å². The molecule has 0 fully saturated rings. The van der Waals surface area contributed by atoms with E-state index in [1.54, 1.807) is 0 Å². The number of hydrogen-bond acceptors (Lipinski definition) is 2. The minimum absolute atomic E-state index is 0.599. The molecule has 0 aliphatic rings. The van der Waals surface area contributed by atoms with Crippen LogP contribution in [0.25, 0.3) is 0 Å². The topological polar surface area (TPSA) is 12.5 Å². The van der Waals surface area contributed by atoms with Crippen molar-refractivity contribution >= 4 is 0 Å². The van der Waals surface area contributed by atoms with Crippen LogP contribution in [0.2, 0.25) is 0 Å². The number of terminal acetylenes is 1. The summed E-state index contributed by atoms with van der Waals surface area (Å²) < 4.78 is 5.84. The first-order valence-electron chi connectivity index (χ1n) is 7.15. The molecule has 0 saturated heterocycles. The lowest BCUT2D eigenvalue weighted by atomic mass is 10.1. The molecule has 2 rings (SSSR count). The van der Waals surface area contributed by atoms with E-state index in [0.717, 1.165) is 18.7 Å². The maximum absolute atomic E-state index is 5.84. The van der Waals surface area contributed by atoms with Crippen LogP contribution in [0.1, 0.15) is 11.1 Å². The van der Waals surface area contributed by atoms with Gasteiger partial charge in [-0.05, 0) is 36.7 Å². The predicted octanol–water partition coefficient (Wildman–Crippen LogP) is 3.37. The van der Waals surface area contributed by atoms with Crippen molar-refractivity contribution in [3.63, 3.8) is 0 Å². The third-order valence-electron chi connectivity index (χ3n) is 3.29. The highest BCUT2D eigenvalue weighted by molar-refractivity contribution is 5.29. The van der Waals surface area contributed by atoms with Crippen molar-refractivity contribution in [2.75, 3.05) is 20.1 Å². The van der Waals surface area contributed by atoms with Crippen LogP contribution in [-0.4, -0.2) is 25.0 Å². The van der Waals surface area contributed by atoms with Crippen LogP contribution in [-0.2, 0) is 13.0 Å². The first-order valence-corrected chi connectivity index (χ1v) is 7.15. The molecular formula is C19H21NO. The van der Waals surface area contributed by atoms with Crippen molar-refractivity contribution in [3.8, 4) is 18.1 Å². The van der Waals surface area contributed by atoms with Crippen molar-refractivity contribution in [1.29, 1.82) is 0 Å². The van der Waals surface area contributed by atoms with E-state index in [4.69, 9.17) is 11.2 Å². The summed E-state index contributed by atoms with van der Waals surface area (Å²) in [4.78, 5) is 2.14. The van der Waals surface area contributed by atoms with E-state index >= 15 is 0 Å². The molecule has 0 aliphatic heterocycles. The zero-order chi connectivity index (χ0) is 14.9. The Hall–Kier alpha value is -2.24. The normalized spacial score (nSPS) is 10.3. The Labute approximate surface area is 127 Å². The summed E-state index contributed by atoms with van der Waals surface area (Å²) >= 11 is 0. The number of benzene rings is 2. The van der Waals surface area contributed by atoms with Crippen LogP contribution >= 0.6 is 0 Å². The van der Waals surface area contributed by atoms with Gasteiger partial charge >= 0.3 is 0 Å². The van der Waals surface area contributed by atoms with Crippen LogP contribution in [0.15, 0.2) is 54.6 Å². The zero-order valence-corrected chi connectivity index (χ0v) is 12.5. The summed E-state index contributed by atoms with van der Waals surface area (Å²) in [6, 6.07) is 18.5. The van der Waals surface area contributed by atoms with Gasteiger partial charge in [-0.25, -0.2) is 0 Å². The van der Waals surface area contributed by atoms with Gasteiger partial charge in [-0.3, -0.25) is 4.90 Å². The van der Waals surface area contributed by atoms with E-state index in [9.17, 15) is 0 Å². The molecule has 2 aromatic carbocycles. The summed E-state index contributed by atoms with van der Waals surface area (Å²) in [7, 11) is 2.04. The fourth-order valence-corrected chi connectivity index (χ4v) is 2.09. The molecule has 0 aromatic heterocycles. The Bertz CT molecular complexity index is 586. The standard InChI is InChI=1S/C19H21NO/c1-3-13-20(2)14-12-17-10-7-11-19(15-17)21-16-18-8-5-4-6-9-18/h1,4-11,15H,12-14,16H2,2H3. The monoisotopic (exact) mass is 279 g/mol. The molecule has 2 heteroatoms. The molecule has 0 amide bonds. The van der Waals surface area contributed by atoms with Gasteiger partial charge in [-0.2, -0.15) is 0 Å².